The van der Waals surface area contributed by atoms with Gasteiger partial charge >= 0.3 is 12.1 Å². The lowest BCUT2D eigenvalue weighted by Gasteiger charge is -2.32. The number of esters is 1. The lowest BCUT2D eigenvalue weighted by atomic mass is 10.0. The highest BCUT2D eigenvalue weighted by atomic mass is 32.1. The van der Waals surface area contributed by atoms with Gasteiger partial charge in [-0.2, -0.15) is 18.3 Å². The number of hydrogen-bond acceptors (Lipinski definition) is 7. The molecule has 180 valence electrons. The van der Waals surface area contributed by atoms with Crippen LogP contribution in [-0.2, 0) is 17.6 Å². The molecule has 0 aromatic carbocycles. The van der Waals surface area contributed by atoms with E-state index < -0.39 is 30.1 Å². The van der Waals surface area contributed by atoms with Crippen LogP contribution >= 0.6 is 11.3 Å². The summed E-state index contributed by atoms with van der Waals surface area (Å²) in [5.74, 6) is -0.814. The second-order valence-electron chi connectivity index (χ2n) is 8.10. The zero-order chi connectivity index (χ0) is 24.0. The zero-order valence-corrected chi connectivity index (χ0v) is 18.9. The molecule has 2 N–H and O–H groups in total. The van der Waals surface area contributed by atoms with E-state index in [4.69, 9.17) is 9.15 Å². The molecule has 0 unspecified atom stereocenters. The minimum absolute atomic E-state index is 0.0550. The van der Waals surface area contributed by atoms with E-state index in [1.54, 1.807) is 19.1 Å². The van der Waals surface area contributed by atoms with E-state index in [0.29, 0.717) is 22.7 Å². The van der Waals surface area contributed by atoms with Gasteiger partial charge in [-0.15, -0.1) is 11.3 Å². The summed E-state index contributed by atoms with van der Waals surface area (Å²) in [7, 11) is 0. The number of nitrogens with zero attached hydrogens (tertiary/aromatic N) is 2. The van der Waals surface area contributed by atoms with E-state index in [-0.39, 0.29) is 24.5 Å². The first-order valence-electron chi connectivity index (χ1n) is 10.9. The predicted molar refractivity (Wildman–Crippen MR) is 117 cm³/mol. The molecule has 12 heteroatoms. The third-order valence-corrected chi connectivity index (χ3v) is 7.14. The Morgan fingerprint density at radius 2 is 2.21 bits per heavy atom. The Morgan fingerprint density at radius 3 is 2.91 bits per heavy atom. The number of carbonyl (C=O) groups excluding carboxylic acids is 2. The molecule has 2 atom stereocenters. The predicted octanol–water partition coefficient (Wildman–Crippen LogP) is 5.12. The fourth-order valence-corrected chi connectivity index (χ4v) is 5.71. The van der Waals surface area contributed by atoms with Gasteiger partial charge in [0.15, 0.2) is 11.7 Å². The van der Waals surface area contributed by atoms with Crippen molar-refractivity contribution in [3.63, 3.8) is 0 Å². The molecule has 0 saturated heterocycles. The molecule has 0 bridgehead atoms. The Hall–Kier alpha value is -3.28. The van der Waals surface area contributed by atoms with Crippen LogP contribution in [0.5, 0.6) is 0 Å². The first-order chi connectivity index (χ1) is 16.3. The van der Waals surface area contributed by atoms with E-state index in [2.05, 4.69) is 15.7 Å². The van der Waals surface area contributed by atoms with E-state index >= 15 is 0 Å². The third kappa shape index (κ3) is 3.95. The number of alkyl halides is 3. The summed E-state index contributed by atoms with van der Waals surface area (Å²) in [5.41, 5.74) is 0.990. The number of ether oxygens (including phenoxy) is 1. The van der Waals surface area contributed by atoms with Crippen molar-refractivity contribution in [2.45, 2.75) is 50.9 Å². The van der Waals surface area contributed by atoms with E-state index in [1.165, 1.54) is 23.7 Å². The average Bonchev–Trinajstić information content (AvgIpc) is 3.54. The van der Waals surface area contributed by atoms with Crippen LogP contribution in [0.25, 0.3) is 0 Å². The van der Waals surface area contributed by atoms with E-state index in [9.17, 15) is 22.8 Å². The average molecular weight is 494 g/mol. The van der Waals surface area contributed by atoms with Gasteiger partial charge in [0, 0.05) is 17.4 Å². The summed E-state index contributed by atoms with van der Waals surface area (Å²) >= 11 is 1.29. The van der Waals surface area contributed by atoms with Crippen LogP contribution < -0.4 is 10.6 Å². The van der Waals surface area contributed by atoms with Gasteiger partial charge in [0.2, 0.25) is 0 Å². The minimum atomic E-state index is -4.58. The van der Waals surface area contributed by atoms with Crippen molar-refractivity contribution in [2.75, 3.05) is 17.2 Å². The number of thiophene rings is 1. The van der Waals surface area contributed by atoms with Crippen LogP contribution in [0.4, 0.5) is 24.0 Å². The molecule has 0 spiro atoms. The van der Waals surface area contributed by atoms with Crippen LogP contribution in [-0.4, -0.2) is 34.4 Å². The summed E-state index contributed by atoms with van der Waals surface area (Å²) in [5, 5.41) is 9.94. The summed E-state index contributed by atoms with van der Waals surface area (Å²) in [6.07, 6.45) is -1.10. The molecule has 4 heterocycles. The first-order valence-corrected chi connectivity index (χ1v) is 11.7. The van der Waals surface area contributed by atoms with Crippen molar-refractivity contribution in [3.8, 4) is 0 Å². The number of amides is 1. The van der Waals surface area contributed by atoms with Gasteiger partial charge in [-0.3, -0.25) is 4.79 Å². The summed E-state index contributed by atoms with van der Waals surface area (Å²) in [4.78, 5) is 26.5. The molecule has 5 rings (SSSR count). The SMILES string of the molecule is CCOC(=O)c1c(NC(=O)c2cc3n(n2)[C@H](C(F)(F)F)C[C@H](c2ccco2)N3)sc2c1CCC2. The lowest BCUT2D eigenvalue weighted by molar-refractivity contribution is -0.174. The molecule has 0 radical (unpaired) electrons. The standard InChI is InChI=1S/C22H21F3N4O4S/c1-2-32-21(31)18-11-5-3-7-15(11)34-20(18)27-19(30)13-10-17-26-12(14-6-4-8-33-14)9-16(22(23,24)25)29(17)28-13/h4,6,8,10,12,16,26H,2-3,5,7,9H2,1H3,(H,27,30)/t12-,16+/m1/s1. The molecule has 3 aromatic heterocycles. The molecular formula is C22H21F3N4O4S. The Bertz CT molecular complexity index is 1230. The van der Waals surface area contributed by atoms with Crippen molar-refractivity contribution in [1.29, 1.82) is 0 Å². The number of aromatic nitrogens is 2. The molecule has 1 amide bonds. The maximum atomic E-state index is 13.8. The highest BCUT2D eigenvalue weighted by Gasteiger charge is 2.47. The maximum absolute atomic E-state index is 13.8. The monoisotopic (exact) mass is 494 g/mol. The summed E-state index contributed by atoms with van der Waals surface area (Å²) in [6, 6.07) is 1.81. The molecular weight excluding hydrogens is 473 g/mol. The van der Waals surface area contributed by atoms with Crippen molar-refractivity contribution >= 4 is 34.0 Å². The van der Waals surface area contributed by atoms with Crippen LogP contribution in [0.2, 0.25) is 0 Å². The number of carbonyl (C=O) groups is 2. The number of furan rings is 1. The highest BCUT2D eigenvalue weighted by Crippen LogP contribution is 2.44. The molecule has 1 aliphatic heterocycles. The second kappa shape index (κ2) is 8.49. The summed E-state index contributed by atoms with van der Waals surface area (Å²) in [6.45, 7) is 1.88. The molecule has 0 fully saturated rings. The molecule has 3 aromatic rings. The van der Waals surface area contributed by atoms with Crippen molar-refractivity contribution in [2.24, 2.45) is 0 Å². The van der Waals surface area contributed by atoms with Gasteiger partial charge in [-0.25, -0.2) is 9.48 Å². The van der Waals surface area contributed by atoms with Gasteiger partial charge < -0.3 is 19.8 Å². The lowest BCUT2D eigenvalue weighted by Crippen LogP contribution is -2.35. The third-order valence-electron chi connectivity index (χ3n) is 5.94. The minimum Gasteiger partial charge on any atom is -0.467 e. The Balaban J connectivity index is 1.44. The molecule has 8 nitrogen and oxygen atoms in total. The number of aryl methyl sites for hydroxylation is 1. The van der Waals surface area contributed by atoms with E-state index in [0.717, 1.165) is 28.0 Å². The Kier molecular flexibility index (Phi) is 5.62. The number of halogens is 3. The van der Waals surface area contributed by atoms with Crippen LogP contribution in [0, 0.1) is 0 Å². The number of fused-ring (bicyclic) bond motifs is 2. The van der Waals surface area contributed by atoms with E-state index in [1.807, 2.05) is 0 Å². The van der Waals surface area contributed by atoms with Gasteiger partial charge in [-0.05, 0) is 43.9 Å². The smallest absolute Gasteiger partial charge is 0.410 e. The van der Waals surface area contributed by atoms with Gasteiger partial charge in [0.25, 0.3) is 5.91 Å². The molecule has 2 aliphatic rings. The number of rotatable bonds is 5. The van der Waals surface area contributed by atoms with Crippen molar-refractivity contribution in [1.82, 2.24) is 9.78 Å². The molecule has 34 heavy (non-hydrogen) atoms. The van der Waals surface area contributed by atoms with Gasteiger partial charge in [0.05, 0.1) is 24.5 Å². The van der Waals surface area contributed by atoms with Crippen LogP contribution in [0.1, 0.15) is 68.9 Å². The number of anilines is 2. The zero-order valence-electron chi connectivity index (χ0n) is 18.1. The largest absolute Gasteiger partial charge is 0.467 e. The quantitative estimate of drug-likeness (QED) is 0.478. The number of nitrogens with one attached hydrogen (secondary N) is 2. The fourth-order valence-electron chi connectivity index (χ4n) is 4.44. The van der Waals surface area contributed by atoms with Crippen LogP contribution in [0.3, 0.4) is 0 Å². The van der Waals surface area contributed by atoms with Crippen molar-refractivity contribution in [3.05, 3.63) is 51.9 Å². The first kappa shape index (κ1) is 22.5. The maximum Gasteiger partial charge on any atom is 0.410 e. The normalized spacial score (nSPS) is 19.3. The summed E-state index contributed by atoms with van der Waals surface area (Å²) < 4.78 is 52.7. The fraction of sp³-hybridized carbons (Fsp3) is 0.409. The van der Waals surface area contributed by atoms with Gasteiger partial charge in [0.1, 0.15) is 16.6 Å². The van der Waals surface area contributed by atoms with Crippen LogP contribution in [0.15, 0.2) is 28.9 Å². The topological polar surface area (TPSA) is 98.4 Å². The Labute approximate surface area is 196 Å². The highest BCUT2D eigenvalue weighted by molar-refractivity contribution is 7.17. The second-order valence-corrected chi connectivity index (χ2v) is 9.21. The Morgan fingerprint density at radius 1 is 1.38 bits per heavy atom. The molecule has 0 saturated carbocycles. The molecule has 1 aliphatic carbocycles. The van der Waals surface area contributed by atoms with Gasteiger partial charge in [-0.1, -0.05) is 0 Å². The number of hydrogen-bond donors (Lipinski definition) is 2. The van der Waals surface area contributed by atoms with Crippen molar-refractivity contribution < 1.29 is 31.9 Å².